The zero-order chi connectivity index (χ0) is 24.6. The number of carbonyl (C=O) groups excluding carboxylic acids is 3. The Hall–Kier alpha value is -4.13. The molecule has 1 atom stereocenters. The number of alkyl carbamates (subject to hydrolysis) is 1. The fourth-order valence-corrected chi connectivity index (χ4v) is 4.16. The molecule has 1 N–H and O–H groups in total. The minimum Gasteiger partial charge on any atom is -0.497 e. The van der Waals surface area contributed by atoms with Gasteiger partial charge in [0.1, 0.15) is 17.2 Å². The molecular formula is C28H25NO6. The molecule has 0 spiro atoms. The molecular weight excluding hydrogens is 446 g/mol. The SMILES string of the molecule is COc1ccc(C(=O)c2ccc(Oc3cccc([C@@]4(C)OC(=O)NC4=O)c3)c(CC3CC3)c2)cc1. The van der Waals surface area contributed by atoms with Crippen LogP contribution < -0.4 is 14.8 Å². The molecule has 0 bridgehead atoms. The van der Waals surface area contributed by atoms with Gasteiger partial charge in [0.05, 0.1) is 7.11 Å². The molecule has 1 saturated heterocycles. The number of methoxy groups -OCH3 is 1. The van der Waals surface area contributed by atoms with Crippen molar-refractivity contribution < 1.29 is 28.6 Å². The quantitative estimate of drug-likeness (QED) is 0.457. The number of ketones is 1. The van der Waals surface area contributed by atoms with Crippen LogP contribution in [0.1, 0.15) is 46.8 Å². The van der Waals surface area contributed by atoms with Gasteiger partial charge in [-0.2, -0.15) is 0 Å². The number of amides is 2. The van der Waals surface area contributed by atoms with Crippen LogP contribution in [0.4, 0.5) is 4.79 Å². The largest absolute Gasteiger partial charge is 0.497 e. The Kier molecular flexibility index (Phi) is 5.76. The Morgan fingerprint density at radius 2 is 1.74 bits per heavy atom. The molecule has 1 heterocycles. The third-order valence-corrected chi connectivity index (χ3v) is 6.44. The van der Waals surface area contributed by atoms with Gasteiger partial charge in [0, 0.05) is 16.7 Å². The van der Waals surface area contributed by atoms with Gasteiger partial charge in [0.2, 0.25) is 5.60 Å². The van der Waals surface area contributed by atoms with Crippen molar-refractivity contribution in [3.63, 3.8) is 0 Å². The summed E-state index contributed by atoms with van der Waals surface area (Å²) in [6.45, 7) is 1.55. The third kappa shape index (κ3) is 4.62. The molecule has 35 heavy (non-hydrogen) atoms. The molecule has 5 rings (SSSR count). The predicted octanol–water partition coefficient (Wildman–Crippen LogP) is 5.15. The first-order chi connectivity index (χ1) is 16.9. The van der Waals surface area contributed by atoms with Crippen molar-refractivity contribution in [1.29, 1.82) is 0 Å². The molecule has 1 saturated carbocycles. The Morgan fingerprint density at radius 3 is 2.40 bits per heavy atom. The van der Waals surface area contributed by atoms with E-state index in [0.717, 1.165) is 24.8 Å². The Labute approximate surface area is 203 Å². The molecule has 1 aliphatic carbocycles. The number of benzene rings is 3. The summed E-state index contributed by atoms with van der Waals surface area (Å²) in [5.41, 5.74) is 1.22. The summed E-state index contributed by atoms with van der Waals surface area (Å²) in [5.74, 6) is 1.84. The maximum Gasteiger partial charge on any atom is 0.415 e. The molecule has 2 fully saturated rings. The highest BCUT2D eigenvalue weighted by atomic mass is 16.6. The van der Waals surface area contributed by atoms with Gasteiger partial charge in [-0.05, 0) is 92.3 Å². The fraction of sp³-hybridized carbons (Fsp3) is 0.250. The van der Waals surface area contributed by atoms with E-state index in [2.05, 4.69) is 5.32 Å². The average molecular weight is 472 g/mol. The van der Waals surface area contributed by atoms with E-state index in [4.69, 9.17) is 14.2 Å². The second kappa shape index (κ2) is 8.91. The van der Waals surface area contributed by atoms with E-state index in [1.807, 2.05) is 12.1 Å². The smallest absolute Gasteiger partial charge is 0.415 e. The minimum atomic E-state index is -1.41. The summed E-state index contributed by atoms with van der Waals surface area (Å²) in [6, 6.07) is 19.4. The van der Waals surface area contributed by atoms with Crippen molar-refractivity contribution in [2.75, 3.05) is 7.11 Å². The van der Waals surface area contributed by atoms with Crippen LogP contribution in [0.2, 0.25) is 0 Å². The summed E-state index contributed by atoms with van der Waals surface area (Å²) >= 11 is 0. The molecule has 1 aliphatic heterocycles. The summed E-state index contributed by atoms with van der Waals surface area (Å²) in [6.07, 6.45) is 2.36. The standard InChI is InChI=1S/C28H25NO6/c1-28(26(31)29-27(32)35-28)21-4-3-5-23(16-21)34-24-13-10-19(15-20(24)14-17-6-7-17)25(30)18-8-11-22(33-2)12-9-18/h3-5,8-13,15-17H,6-7,14H2,1-2H3,(H,29,31,32)/t28-/m1/s1. The van der Waals surface area contributed by atoms with Crippen molar-refractivity contribution in [1.82, 2.24) is 5.32 Å². The highest BCUT2D eigenvalue weighted by Crippen LogP contribution is 2.38. The van der Waals surface area contributed by atoms with Gasteiger partial charge in [0.25, 0.3) is 5.91 Å². The number of nitrogens with one attached hydrogen (secondary N) is 1. The molecule has 7 heteroatoms. The van der Waals surface area contributed by atoms with Crippen LogP contribution in [0.25, 0.3) is 0 Å². The van der Waals surface area contributed by atoms with E-state index < -0.39 is 17.6 Å². The lowest BCUT2D eigenvalue weighted by Gasteiger charge is -2.20. The van der Waals surface area contributed by atoms with Gasteiger partial charge in [-0.15, -0.1) is 0 Å². The first-order valence-corrected chi connectivity index (χ1v) is 11.5. The Balaban J connectivity index is 1.42. The zero-order valence-electron chi connectivity index (χ0n) is 19.5. The van der Waals surface area contributed by atoms with Crippen molar-refractivity contribution in [2.45, 2.75) is 31.8 Å². The van der Waals surface area contributed by atoms with E-state index >= 15 is 0 Å². The molecule has 3 aromatic carbocycles. The lowest BCUT2D eigenvalue weighted by Crippen LogP contribution is -2.33. The molecule has 178 valence electrons. The summed E-state index contributed by atoms with van der Waals surface area (Å²) in [5, 5.41) is 2.17. The summed E-state index contributed by atoms with van der Waals surface area (Å²) < 4.78 is 16.6. The van der Waals surface area contributed by atoms with E-state index in [1.165, 1.54) is 0 Å². The zero-order valence-corrected chi connectivity index (χ0v) is 19.5. The predicted molar refractivity (Wildman–Crippen MR) is 128 cm³/mol. The van der Waals surface area contributed by atoms with E-state index in [-0.39, 0.29) is 5.78 Å². The number of hydrogen-bond donors (Lipinski definition) is 1. The number of carbonyl (C=O) groups is 3. The van der Waals surface area contributed by atoms with E-state index in [1.54, 1.807) is 68.6 Å². The molecule has 0 aromatic heterocycles. The van der Waals surface area contributed by atoms with Gasteiger partial charge < -0.3 is 14.2 Å². The highest BCUT2D eigenvalue weighted by Gasteiger charge is 2.46. The maximum absolute atomic E-state index is 13.1. The molecule has 7 nitrogen and oxygen atoms in total. The topological polar surface area (TPSA) is 90.9 Å². The van der Waals surface area contributed by atoms with Gasteiger partial charge in [0.15, 0.2) is 5.78 Å². The highest BCUT2D eigenvalue weighted by molar-refractivity contribution is 6.09. The van der Waals surface area contributed by atoms with Crippen molar-refractivity contribution in [2.24, 2.45) is 5.92 Å². The first kappa shape index (κ1) is 22.7. The van der Waals surface area contributed by atoms with E-state index in [9.17, 15) is 14.4 Å². The lowest BCUT2D eigenvalue weighted by molar-refractivity contribution is -0.130. The first-order valence-electron chi connectivity index (χ1n) is 11.5. The van der Waals surface area contributed by atoms with Crippen molar-refractivity contribution >= 4 is 17.8 Å². The Bertz CT molecular complexity index is 1310. The molecule has 0 unspecified atom stereocenters. The van der Waals surface area contributed by atoms with Gasteiger partial charge in [-0.3, -0.25) is 14.9 Å². The van der Waals surface area contributed by atoms with Crippen LogP contribution in [0.3, 0.4) is 0 Å². The van der Waals surface area contributed by atoms with Gasteiger partial charge in [-0.1, -0.05) is 12.1 Å². The van der Waals surface area contributed by atoms with Crippen LogP contribution in [0.15, 0.2) is 66.7 Å². The second-order valence-corrected chi connectivity index (χ2v) is 9.03. The monoisotopic (exact) mass is 471 g/mol. The number of hydrogen-bond acceptors (Lipinski definition) is 6. The number of cyclic esters (lactones) is 1. The summed E-state index contributed by atoms with van der Waals surface area (Å²) in [4.78, 5) is 36.9. The van der Waals surface area contributed by atoms with Crippen LogP contribution in [-0.4, -0.2) is 24.9 Å². The van der Waals surface area contributed by atoms with Crippen molar-refractivity contribution in [3.8, 4) is 17.2 Å². The van der Waals surface area contributed by atoms with Crippen LogP contribution in [0.5, 0.6) is 17.2 Å². The maximum atomic E-state index is 13.1. The summed E-state index contributed by atoms with van der Waals surface area (Å²) in [7, 11) is 1.59. The van der Waals surface area contributed by atoms with Gasteiger partial charge >= 0.3 is 6.09 Å². The van der Waals surface area contributed by atoms with Crippen LogP contribution in [-0.2, 0) is 21.6 Å². The average Bonchev–Trinajstić information content (AvgIpc) is 3.64. The third-order valence-electron chi connectivity index (χ3n) is 6.44. The lowest BCUT2D eigenvalue weighted by atomic mass is 9.95. The minimum absolute atomic E-state index is 0.0692. The van der Waals surface area contributed by atoms with Crippen LogP contribution in [0, 0.1) is 5.92 Å². The molecule has 3 aromatic rings. The molecule has 2 amide bonds. The van der Waals surface area contributed by atoms with Crippen LogP contribution >= 0.6 is 0 Å². The number of ether oxygens (including phenoxy) is 3. The van der Waals surface area contributed by atoms with Crippen molar-refractivity contribution in [3.05, 3.63) is 89.0 Å². The van der Waals surface area contributed by atoms with E-state index in [0.29, 0.717) is 39.9 Å². The Morgan fingerprint density at radius 1 is 1.00 bits per heavy atom. The number of rotatable bonds is 8. The second-order valence-electron chi connectivity index (χ2n) is 9.03. The number of imide groups is 1. The normalized spacial score (nSPS) is 19.1. The van der Waals surface area contributed by atoms with Gasteiger partial charge in [-0.25, -0.2) is 4.79 Å². The molecule has 2 aliphatic rings. The fourth-order valence-electron chi connectivity index (χ4n) is 4.16. The molecule has 0 radical (unpaired) electrons.